The standard InChI is InChI=1S/C23H18N4O3/c28-21-19-7-2-10-24-22(19)27(14-20(21)23(29)25-17-8-9-17)18-6-1-4-15(12-18)16-5-3-11-26(30)13-16/h1-7,10-14,17H,8-9H2,(H-,25,29,30)/p+1. The molecule has 0 spiro atoms. The number of nitrogens with one attached hydrogen (secondary N) is 1. The van der Waals surface area contributed by atoms with Gasteiger partial charge in [0.25, 0.3) is 5.91 Å². The Morgan fingerprint density at radius 3 is 2.77 bits per heavy atom. The highest BCUT2D eigenvalue weighted by Gasteiger charge is 2.26. The maximum atomic E-state index is 12.9. The lowest BCUT2D eigenvalue weighted by molar-refractivity contribution is -0.904. The van der Waals surface area contributed by atoms with Crippen LogP contribution >= 0.6 is 0 Å². The minimum absolute atomic E-state index is 0.0979. The third kappa shape index (κ3) is 3.30. The fourth-order valence-electron chi connectivity index (χ4n) is 3.48. The summed E-state index contributed by atoms with van der Waals surface area (Å²) < 4.78 is 2.76. The van der Waals surface area contributed by atoms with E-state index in [1.165, 1.54) is 6.20 Å². The fraction of sp³-hybridized carbons (Fsp3) is 0.130. The minimum atomic E-state index is -0.359. The van der Waals surface area contributed by atoms with Crippen molar-refractivity contribution in [3.05, 3.63) is 89.1 Å². The number of rotatable bonds is 4. The topological polar surface area (TPSA) is 88.1 Å². The first-order chi connectivity index (χ1) is 14.6. The summed E-state index contributed by atoms with van der Waals surface area (Å²) in [6.45, 7) is 0. The van der Waals surface area contributed by atoms with Gasteiger partial charge in [0.1, 0.15) is 11.2 Å². The van der Waals surface area contributed by atoms with Crippen molar-refractivity contribution in [3.8, 4) is 16.8 Å². The number of hydrogen-bond acceptors (Lipinski definition) is 4. The van der Waals surface area contributed by atoms with E-state index in [1.807, 2.05) is 30.3 Å². The Morgan fingerprint density at radius 1 is 1.13 bits per heavy atom. The molecule has 3 aromatic heterocycles. The third-order valence-corrected chi connectivity index (χ3v) is 5.16. The fourth-order valence-corrected chi connectivity index (χ4v) is 3.48. The van der Waals surface area contributed by atoms with Gasteiger partial charge in [0.2, 0.25) is 17.8 Å². The predicted molar refractivity (Wildman–Crippen MR) is 111 cm³/mol. The van der Waals surface area contributed by atoms with Gasteiger partial charge in [-0.2, -0.15) is 0 Å². The Balaban J connectivity index is 1.68. The van der Waals surface area contributed by atoms with Crippen molar-refractivity contribution in [2.24, 2.45) is 0 Å². The van der Waals surface area contributed by atoms with Crippen LogP contribution in [0.15, 0.2) is 78.1 Å². The SMILES string of the molecule is O=C(NC1CC1)c1cn(-c2cccc(-c3ccc[n+](O)c3)c2)c2ncccc2c1=O. The molecule has 0 bridgehead atoms. The molecular formula is C23H19N4O3+. The van der Waals surface area contributed by atoms with Crippen LogP contribution in [0.2, 0.25) is 0 Å². The van der Waals surface area contributed by atoms with Crippen LogP contribution in [0.5, 0.6) is 0 Å². The van der Waals surface area contributed by atoms with Crippen LogP contribution in [0.25, 0.3) is 27.8 Å². The first kappa shape index (κ1) is 18.1. The second-order valence-corrected chi connectivity index (χ2v) is 7.39. The van der Waals surface area contributed by atoms with E-state index >= 15 is 0 Å². The summed E-state index contributed by atoms with van der Waals surface area (Å²) >= 11 is 0. The molecule has 1 aromatic carbocycles. The van der Waals surface area contributed by atoms with Gasteiger partial charge in [-0.3, -0.25) is 14.8 Å². The highest BCUT2D eigenvalue weighted by Crippen LogP contribution is 2.23. The number of hydrogen-bond donors (Lipinski definition) is 2. The second kappa shape index (κ2) is 7.11. The number of benzene rings is 1. The molecule has 1 aliphatic carbocycles. The molecular weight excluding hydrogens is 380 g/mol. The van der Waals surface area contributed by atoms with Crippen molar-refractivity contribution in [1.29, 1.82) is 0 Å². The van der Waals surface area contributed by atoms with Gasteiger partial charge in [-0.05, 0) is 48.7 Å². The number of nitrogens with zero attached hydrogens (tertiary/aromatic N) is 3. The molecule has 0 aliphatic heterocycles. The quantitative estimate of drug-likeness (QED) is 0.408. The molecule has 7 nitrogen and oxygen atoms in total. The molecule has 0 radical (unpaired) electrons. The maximum Gasteiger partial charge on any atom is 0.257 e. The van der Waals surface area contributed by atoms with Crippen molar-refractivity contribution in [2.75, 3.05) is 0 Å². The molecule has 4 aromatic rings. The molecule has 1 amide bonds. The van der Waals surface area contributed by atoms with Gasteiger partial charge < -0.3 is 9.88 Å². The Hall–Kier alpha value is -4.00. The summed E-state index contributed by atoms with van der Waals surface area (Å²) in [4.78, 5) is 30.0. The van der Waals surface area contributed by atoms with Crippen LogP contribution in [-0.4, -0.2) is 26.7 Å². The zero-order valence-corrected chi connectivity index (χ0v) is 16.0. The molecule has 1 aliphatic rings. The van der Waals surface area contributed by atoms with Gasteiger partial charge in [0.15, 0.2) is 0 Å². The molecule has 5 rings (SSSR count). The summed E-state index contributed by atoms with van der Waals surface area (Å²) in [6.07, 6.45) is 8.22. The summed E-state index contributed by atoms with van der Waals surface area (Å²) in [5, 5.41) is 13.0. The van der Waals surface area contributed by atoms with Crippen LogP contribution in [0, 0.1) is 0 Å². The zero-order valence-electron chi connectivity index (χ0n) is 16.0. The molecule has 3 heterocycles. The second-order valence-electron chi connectivity index (χ2n) is 7.39. The monoisotopic (exact) mass is 399 g/mol. The van der Waals surface area contributed by atoms with Gasteiger partial charge in [-0.1, -0.05) is 12.1 Å². The van der Waals surface area contributed by atoms with Crippen molar-refractivity contribution in [1.82, 2.24) is 14.9 Å². The average Bonchev–Trinajstić information content (AvgIpc) is 3.58. The molecule has 0 atom stereocenters. The minimum Gasteiger partial charge on any atom is -0.349 e. The summed E-state index contributed by atoms with van der Waals surface area (Å²) in [7, 11) is 0. The molecule has 0 saturated heterocycles. The van der Waals surface area contributed by atoms with Gasteiger partial charge in [0, 0.05) is 34.9 Å². The Bertz CT molecular complexity index is 1340. The molecule has 30 heavy (non-hydrogen) atoms. The largest absolute Gasteiger partial charge is 0.349 e. The molecule has 7 heteroatoms. The molecule has 1 fully saturated rings. The van der Waals surface area contributed by atoms with Crippen molar-refractivity contribution in [2.45, 2.75) is 18.9 Å². The van der Waals surface area contributed by atoms with E-state index in [2.05, 4.69) is 10.3 Å². The van der Waals surface area contributed by atoms with Crippen molar-refractivity contribution < 1.29 is 14.7 Å². The smallest absolute Gasteiger partial charge is 0.257 e. The first-order valence-electron chi connectivity index (χ1n) is 9.73. The predicted octanol–water partition coefficient (Wildman–Crippen LogP) is 2.47. The van der Waals surface area contributed by atoms with E-state index in [-0.39, 0.29) is 22.9 Å². The van der Waals surface area contributed by atoms with E-state index in [1.54, 1.807) is 41.4 Å². The average molecular weight is 399 g/mol. The lowest BCUT2D eigenvalue weighted by atomic mass is 10.1. The number of fused-ring (bicyclic) bond motifs is 1. The van der Waals surface area contributed by atoms with Crippen LogP contribution in [0.3, 0.4) is 0 Å². The number of amides is 1. The first-order valence-corrected chi connectivity index (χ1v) is 9.73. The highest BCUT2D eigenvalue weighted by atomic mass is 16.5. The molecule has 1 saturated carbocycles. The van der Waals surface area contributed by atoms with Crippen LogP contribution in [-0.2, 0) is 0 Å². The maximum absolute atomic E-state index is 12.9. The van der Waals surface area contributed by atoms with Gasteiger partial charge >= 0.3 is 0 Å². The van der Waals surface area contributed by atoms with Gasteiger partial charge in [-0.25, -0.2) is 4.98 Å². The van der Waals surface area contributed by atoms with Crippen LogP contribution < -0.4 is 15.5 Å². The Labute approximate surface area is 171 Å². The molecule has 148 valence electrons. The van der Waals surface area contributed by atoms with Crippen molar-refractivity contribution in [3.63, 3.8) is 0 Å². The Kier molecular flexibility index (Phi) is 4.28. The normalized spacial score (nSPS) is 13.3. The number of carbonyl (C=O) groups is 1. The highest BCUT2D eigenvalue weighted by molar-refractivity contribution is 5.97. The van der Waals surface area contributed by atoms with E-state index < -0.39 is 0 Å². The summed E-state index contributed by atoms with van der Waals surface area (Å²) in [5.41, 5.74) is 2.71. The van der Waals surface area contributed by atoms with Crippen molar-refractivity contribution >= 4 is 16.9 Å². The molecule has 2 N–H and O–H groups in total. The lowest BCUT2D eigenvalue weighted by Crippen LogP contribution is -2.31. The lowest BCUT2D eigenvalue weighted by Gasteiger charge is -2.13. The summed E-state index contributed by atoms with van der Waals surface area (Å²) in [5.74, 6) is -0.359. The Morgan fingerprint density at radius 2 is 1.97 bits per heavy atom. The summed E-state index contributed by atoms with van der Waals surface area (Å²) in [6, 6.07) is 14.8. The van der Waals surface area contributed by atoms with Gasteiger partial charge in [0.05, 0.1) is 10.9 Å². The van der Waals surface area contributed by atoms with E-state index in [0.29, 0.717) is 11.0 Å². The van der Waals surface area contributed by atoms with E-state index in [0.717, 1.165) is 34.4 Å². The van der Waals surface area contributed by atoms with Crippen LogP contribution in [0.4, 0.5) is 0 Å². The van der Waals surface area contributed by atoms with E-state index in [4.69, 9.17) is 0 Å². The van der Waals surface area contributed by atoms with Crippen LogP contribution in [0.1, 0.15) is 23.2 Å². The molecule has 0 unspecified atom stereocenters. The number of aromatic nitrogens is 3. The third-order valence-electron chi connectivity index (χ3n) is 5.16. The van der Waals surface area contributed by atoms with Gasteiger partial charge in [-0.15, -0.1) is 0 Å². The zero-order chi connectivity index (χ0) is 20.7. The number of pyridine rings is 3. The number of carbonyl (C=O) groups excluding carboxylic acids is 1. The van der Waals surface area contributed by atoms with E-state index in [9.17, 15) is 14.8 Å².